The van der Waals surface area contributed by atoms with Crippen LogP contribution < -0.4 is 5.32 Å². The lowest BCUT2D eigenvalue weighted by Crippen LogP contribution is -2.43. The molecular formula is C21H20FN5O2S. The second kappa shape index (κ2) is 7.64. The average molecular weight is 425 g/mol. The number of nitrogens with zero attached hydrogens (tertiary/aromatic N) is 4. The third-order valence-corrected chi connectivity index (χ3v) is 6.38. The van der Waals surface area contributed by atoms with Crippen molar-refractivity contribution in [3.8, 4) is 5.69 Å². The standard InChI is InChI=1S/C21H20FN5O2S/c22-14-6-1-2-7-16(14)27-15-8-3-5-13(15)18(25-27)20(29)26-11-4-9-17(26)19(28)24-21-23-10-12-30-21/h1-2,6-7,10,12,17H,3-5,8-9,11H2,(H,23,24,28)/t17-/m0/s1. The lowest BCUT2D eigenvalue weighted by Gasteiger charge is -2.23. The lowest BCUT2D eigenvalue weighted by molar-refractivity contribution is -0.119. The van der Waals surface area contributed by atoms with E-state index in [1.54, 1.807) is 39.4 Å². The summed E-state index contributed by atoms with van der Waals surface area (Å²) in [4.78, 5) is 31.8. The molecule has 2 amide bonds. The Kier molecular flexibility index (Phi) is 4.82. The molecule has 1 aliphatic carbocycles. The van der Waals surface area contributed by atoms with Gasteiger partial charge in [0.1, 0.15) is 17.5 Å². The number of likely N-dealkylation sites (tertiary alicyclic amines) is 1. The molecule has 2 aromatic heterocycles. The number of anilines is 1. The Morgan fingerprint density at radius 2 is 2.07 bits per heavy atom. The predicted molar refractivity (Wildman–Crippen MR) is 110 cm³/mol. The fraction of sp³-hybridized carbons (Fsp3) is 0.333. The number of nitrogens with one attached hydrogen (secondary N) is 1. The van der Waals surface area contributed by atoms with Gasteiger partial charge in [0, 0.05) is 29.4 Å². The van der Waals surface area contributed by atoms with Gasteiger partial charge in [0.25, 0.3) is 5.91 Å². The molecule has 0 spiro atoms. The molecule has 9 heteroatoms. The largest absolute Gasteiger partial charge is 0.325 e. The van der Waals surface area contributed by atoms with E-state index in [0.717, 1.165) is 36.9 Å². The van der Waals surface area contributed by atoms with Crippen molar-refractivity contribution in [3.63, 3.8) is 0 Å². The number of rotatable bonds is 4. The first-order valence-corrected chi connectivity index (χ1v) is 10.9. The summed E-state index contributed by atoms with van der Waals surface area (Å²) in [6.07, 6.45) is 5.34. The second-order valence-electron chi connectivity index (χ2n) is 7.47. The first kappa shape index (κ1) is 18.9. The van der Waals surface area contributed by atoms with E-state index < -0.39 is 6.04 Å². The number of carbonyl (C=O) groups is 2. The summed E-state index contributed by atoms with van der Waals surface area (Å²) in [7, 11) is 0. The third-order valence-electron chi connectivity index (χ3n) is 5.69. The van der Waals surface area contributed by atoms with E-state index in [9.17, 15) is 14.0 Å². The molecule has 3 heterocycles. The van der Waals surface area contributed by atoms with Crippen molar-refractivity contribution in [2.24, 2.45) is 0 Å². The Labute approximate surface area is 176 Å². The molecule has 0 unspecified atom stereocenters. The molecule has 1 N–H and O–H groups in total. The van der Waals surface area contributed by atoms with Crippen molar-refractivity contribution in [1.29, 1.82) is 0 Å². The van der Waals surface area contributed by atoms with Crippen LogP contribution in [0.4, 0.5) is 9.52 Å². The number of para-hydroxylation sites is 1. The molecule has 30 heavy (non-hydrogen) atoms. The van der Waals surface area contributed by atoms with E-state index in [0.29, 0.717) is 29.5 Å². The van der Waals surface area contributed by atoms with Gasteiger partial charge in [-0.25, -0.2) is 14.1 Å². The number of hydrogen-bond donors (Lipinski definition) is 1. The van der Waals surface area contributed by atoms with Crippen LogP contribution in [0.2, 0.25) is 0 Å². The quantitative estimate of drug-likeness (QED) is 0.696. The number of fused-ring (bicyclic) bond motifs is 1. The summed E-state index contributed by atoms with van der Waals surface area (Å²) in [5.74, 6) is -0.878. The molecule has 1 atom stereocenters. The zero-order chi connectivity index (χ0) is 20.7. The van der Waals surface area contributed by atoms with E-state index in [1.165, 1.54) is 17.4 Å². The number of halogens is 1. The molecule has 154 valence electrons. The van der Waals surface area contributed by atoms with Crippen LogP contribution in [-0.4, -0.2) is 44.1 Å². The minimum absolute atomic E-state index is 0.235. The van der Waals surface area contributed by atoms with E-state index in [1.807, 2.05) is 0 Å². The molecule has 0 saturated carbocycles. The molecule has 0 bridgehead atoms. The monoisotopic (exact) mass is 425 g/mol. The Bertz CT molecular complexity index is 1110. The van der Waals surface area contributed by atoms with E-state index in [2.05, 4.69) is 15.4 Å². The Hall–Kier alpha value is -3.07. The molecule has 1 aliphatic heterocycles. The Morgan fingerprint density at radius 1 is 1.20 bits per heavy atom. The number of thiazole rings is 1. The van der Waals surface area contributed by atoms with Crippen molar-refractivity contribution in [3.05, 3.63) is 58.6 Å². The van der Waals surface area contributed by atoms with Crippen molar-refractivity contribution < 1.29 is 14.0 Å². The fourth-order valence-electron chi connectivity index (χ4n) is 4.32. The molecule has 1 saturated heterocycles. The lowest BCUT2D eigenvalue weighted by atomic mass is 10.1. The van der Waals surface area contributed by atoms with E-state index in [4.69, 9.17) is 0 Å². The van der Waals surface area contributed by atoms with Gasteiger partial charge in [-0.05, 0) is 44.2 Å². The normalized spacial score (nSPS) is 17.9. The molecule has 2 aliphatic rings. The first-order chi connectivity index (χ1) is 14.6. The van der Waals surface area contributed by atoms with Gasteiger partial charge >= 0.3 is 0 Å². The van der Waals surface area contributed by atoms with Gasteiger partial charge in [-0.1, -0.05) is 12.1 Å². The topological polar surface area (TPSA) is 80.1 Å². The van der Waals surface area contributed by atoms with Crippen molar-refractivity contribution >= 4 is 28.3 Å². The van der Waals surface area contributed by atoms with Gasteiger partial charge < -0.3 is 10.2 Å². The van der Waals surface area contributed by atoms with Crippen LogP contribution in [0.25, 0.3) is 5.69 Å². The number of aromatic nitrogens is 3. The highest BCUT2D eigenvalue weighted by Crippen LogP contribution is 2.31. The maximum atomic E-state index is 14.4. The average Bonchev–Trinajstić information content (AvgIpc) is 3.51. The van der Waals surface area contributed by atoms with Crippen molar-refractivity contribution in [2.45, 2.75) is 38.1 Å². The maximum absolute atomic E-state index is 14.4. The van der Waals surface area contributed by atoms with Gasteiger partial charge in [-0.3, -0.25) is 9.59 Å². The SMILES string of the molecule is O=C(Nc1nccs1)[C@@H]1CCCN1C(=O)c1nn(-c2ccccc2F)c2c1CCC2. The zero-order valence-corrected chi connectivity index (χ0v) is 17.0. The van der Waals surface area contributed by atoms with Crippen molar-refractivity contribution in [1.82, 2.24) is 19.7 Å². The molecule has 1 aromatic carbocycles. The summed E-state index contributed by atoms with van der Waals surface area (Å²) < 4.78 is 16.0. The third kappa shape index (κ3) is 3.19. The molecule has 5 rings (SSSR count). The van der Waals surface area contributed by atoms with Gasteiger partial charge in [0.2, 0.25) is 5.91 Å². The van der Waals surface area contributed by atoms with Gasteiger partial charge in [-0.2, -0.15) is 5.10 Å². The summed E-state index contributed by atoms with van der Waals surface area (Å²) in [6.45, 7) is 0.496. The van der Waals surface area contributed by atoms with Crippen LogP contribution in [0, 0.1) is 5.82 Å². The second-order valence-corrected chi connectivity index (χ2v) is 8.37. The molecule has 1 fully saturated rings. The van der Waals surface area contributed by atoms with E-state index >= 15 is 0 Å². The van der Waals surface area contributed by atoms with Gasteiger partial charge in [0.05, 0.1) is 0 Å². The molecule has 0 radical (unpaired) electrons. The van der Waals surface area contributed by atoms with Crippen LogP contribution in [0.15, 0.2) is 35.8 Å². The highest BCUT2D eigenvalue weighted by Gasteiger charge is 2.38. The highest BCUT2D eigenvalue weighted by molar-refractivity contribution is 7.13. The summed E-state index contributed by atoms with van der Waals surface area (Å²) in [6, 6.07) is 5.87. The minimum atomic E-state index is -0.558. The maximum Gasteiger partial charge on any atom is 0.275 e. The van der Waals surface area contributed by atoms with Crippen LogP contribution >= 0.6 is 11.3 Å². The summed E-state index contributed by atoms with van der Waals surface area (Å²) in [5, 5.41) is 9.61. The van der Waals surface area contributed by atoms with Crippen LogP contribution in [0.3, 0.4) is 0 Å². The molecule has 3 aromatic rings. The highest BCUT2D eigenvalue weighted by atomic mass is 32.1. The first-order valence-electron chi connectivity index (χ1n) is 10.0. The predicted octanol–water partition coefficient (Wildman–Crippen LogP) is 3.20. The summed E-state index contributed by atoms with van der Waals surface area (Å²) in [5.41, 5.74) is 2.43. The van der Waals surface area contributed by atoms with Crippen LogP contribution in [0.5, 0.6) is 0 Å². The van der Waals surface area contributed by atoms with Crippen LogP contribution in [-0.2, 0) is 17.6 Å². The van der Waals surface area contributed by atoms with Crippen LogP contribution in [0.1, 0.15) is 41.0 Å². The van der Waals surface area contributed by atoms with Crippen molar-refractivity contribution in [2.75, 3.05) is 11.9 Å². The molecular weight excluding hydrogens is 405 g/mol. The number of carbonyl (C=O) groups excluding carboxylic acids is 2. The number of benzene rings is 1. The fourth-order valence-corrected chi connectivity index (χ4v) is 4.86. The molecule has 7 nitrogen and oxygen atoms in total. The summed E-state index contributed by atoms with van der Waals surface area (Å²) >= 11 is 1.34. The van der Waals surface area contributed by atoms with Gasteiger partial charge in [-0.15, -0.1) is 11.3 Å². The number of amides is 2. The Balaban J connectivity index is 1.45. The van der Waals surface area contributed by atoms with E-state index in [-0.39, 0.29) is 17.6 Å². The number of hydrogen-bond acceptors (Lipinski definition) is 5. The van der Waals surface area contributed by atoms with Gasteiger partial charge in [0.15, 0.2) is 10.8 Å². The Morgan fingerprint density at radius 3 is 2.87 bits per heavy atom. The zero-order valence-electron chi connectivity index (χ0n) is 16.2. The smallest absolute Gasteiger partial charge is 0.275 e. The minimum Gasteiger partial charge on any atom is -0.325 e.